The normalized spacial score (nSPS) is 20.8. The van der Waals surface area contributed by atoms with Crippen molar-refractivity contribution in [3.63, 3.8) is 0 Å². The maximum atomic E-state index is 14.7. The molecule has 0 atom stereocenters. The van der Waals surface area contributed by atoms with Gasteiger partial charge in [-0.2, -0.15) is 5.26 Å². The van der Waals surface area contributed by atoms with Crippen LogP contribution >= 0.6 is 0 Å². The Kier molecular flexibility index (Phi) is 6.15. The van der Waals surface area contributed by atoms with E-state index < -0.39 is 22.9 Å². The highest BCUT2D eigenvalue weighted by molar-refractivity contribution is 5.93. The molecule has 1 N–H and O–H groups in total. The van der Waals surface area contributed by atoms with Crippen LogP contribution in [0.1, 0.15) is 51.8 Å². The van der Waals surface area contributed by atoms with Gasteiger partial charge >= 0.3 is 6.09 Å². The standard InChI is InChI=1S/C31H29FN4O2/c1-29(2,3)38-28(37)36-31(18-30(4,32)19-31)22-12-10-21(11-13-22)27-23(20-8-6-5-7-9-20)16-24-25(35-27)14-15-34-26(24)17-33/h5-16H,18-19H2,1-4H3,(H,36,37)/t30-,31-. The molecule has 7 heteroatoms. The number of carbonyl (C=O) groups is 1. The molecular weight excluding hydrogens is 479 g/mol. The summed E-state index contributed by atoms with van der Waals surface area (Å²) >= 11 is 0. The number of benzene rings is 2. The lowest BCUT2D eigenvalue weighted by molar-refractivity contribution is -0.0289. The second-order valence-electron chi connectivity index (χ2n) is 11.1. The number of aromatic nitrogens is 2. The molecule has 4 aromatic rings. The van der Waals surface area contributed by atoms with Gasteiger partial charge in [-0.05, 0) is 51.0 Å². The van der Waals surface area contributed by atoms with E-state index in [1.807, 2.05) is 60.7 Å². The Labute approximate surface area is 221 Å². The van der Waals surface area contributed by atoms with Crippen LogP contribution in [0.2, 0.25) is 0 Å². The SMILES string of the molecule is CC(C)(C)OC(=O)N[C@]1(c2ccc(-c3nc4ccnc(C#N)c4cc3-c3ccccc3)cc2)C[C@@](C)(F)C1. The number of carbonyl (C=O) groups excluding carboxylic acids is 1. The van der Waals surface area contributed by atoms with Gasteiger partial charge in [-0.15, -0.1) is 0 Å². The molecule has 2 heterocycles. The highest BCUT2D eigenvalue weighted by atomic mass is 19.1. The number of ether oxygens (including phenoxy) is 1. The van der Waals surface area contributed by atoms with Crippen molar-refractivity contribution in [1.29, 1.82) is 5.26 Å². The zero-order valence-corrected chi connectivity index (χ0v) is 21.9. The summed E-state index contributed by atoms with van der Waals surface area (Å²) in [6, 6.07) is 23.5. The summed E-state index contributed by atoms with van der Waals surface area (Å²) in [6.07, 6.45) is 1.33. The minimum Gasteiger partial charge on any atom is -0.444 e. The number of hydrogen-bond donors (Lipinski definition) is 1. The molecule has 0 aliphatic heterocycles. The predicted octanol–water partition coefficient (Wildman–Crippen LogP) is 7.08. The number of fused-ring (bicyclic) bond motifs is 1. The Balaban J connectivity index is 1.56. The highest BCUT2D eigenvalue weighted by Crippen LogP contribution is 2.51. The summed E-state index contributed by atoms with van der Waals surface area (Å²) in [6.45, 7) is 6.94. The third-order valence-electron chi connectivity index (χ3n) is 6.73. The number of pyridine rings is 2. The first-order chi connectivity index (χ1) is 18.0. The van der Waals surface area contributed by atoms with Crippen molar-refractivity contribution in [2.75, 3.05) is 0 Å². The third-order valence-corrected chi connectivity index (χ3v) is 6.73. The molecule has 1 fully saturated rings. The fraction of sp³-hybridized carbons (Fsp3) is 0.290. The van der Waals surface area contributed by atoms with Crippen LogP contribution in [0.15, 0.2) is 72.9 Å². The monoisotopic (exact) mass is 508 g/mol. The number of amides is 1. The van der Waals surface area contributed by atoms with Gasteiger partial charge in [-0.25, -0.2) is 19.2 Å². The Morgan fingerprint density at radius 2 is 1.74 bits per heavy atom. The molecule has 1 aliphatic rings. The van der Waals surface area contributed by atoms with E-state index in [0.717, 1.165) is 27.9 Å². The zero-order valence-electron chi connectivity index (χ0n) is 21.9. The van der Waals surface area contributed by atoms with Gasteiger partial charge in [0.1, 0.15) is 23.0 Å². The van der Waals surface area contributed by atoms with Crippen LogP contribution in [0.5, 0.6) is 0 Å². The molecule has 0 unspecified atom stereocenters. The topological polar surface area (TPSA) is 87.9 Å². The van der Waals surface area contributed by atoms with Crippen molar-refractivity contribution in [1.82, 2.24) is 15.3 Å². The van der Waals surface area contributed by atoms with Crippen molar-refractivity contribution in [3.8, 4) is 28.5 Å². The van der Waals surface area contributed by atoms with Crippen LogP contribution in [-0.2, 0) is 10.3 Å². The van der Waals surface area contributed by atoms with Gasteiger partial charge in [0.05, 0.1) is 16.7 Å². The Bertz CT molecular complexity index is 1540. The van der Waals surface area contributed by atoms with Crippen molar-refractivity contribution >= 4 is 17.0 Å². The minimum atomic E-state index is -1.37. The summed E-state index contributed by atoms with van der Waals surface area (Å²) in [5.41, 5.74) is 2.37. The Hall–Kier alpha value is -4.31. The largest absolute Gasteiger partial charge is 0.444 e. The van der Waals surface area contributed by atoms with Crippen LogP contribution in [0, 0.1) is 11.3 Å². The molecule has 0 radical (unpaired) electrons. The summed E-state index contributed by atoms with van der Waals surface area (Å²) in [5.74, 6) is 0. The molecule has 38 heavy (non-hydrogen) atoms. The lowest BCUT2D eigenvalue weighted by Crippen LogP contribution is -2.60. The predicted molar refractivity (Wildman–Crippen MR) is 145 cm³/mol. The molecule has 0 saturated heterocycles. The van der Waals surface area contributed by atoms with Crippen molar-refractivity contribution in [3.05, 3.63) is 84.2 Å². The van der Waals surface area contributed by atoms with Crippen molar-refractivity contribution in [2.24, 2.45) is 0 Å². The number of nitrogens with one attached hydrogen (secondary N) is 1. The van der Waals surface area contributed by atoms with Gasteiger partial charge in [-0.3, -0.25) is 0 Å². The van der Waals surface area contributed by atoms with Crippen molar-refractivity contribution in [2.45, 2.75) is 57.3 Å². The maximum Gasteiger partial charge on any atom is 0.408 e. The second kappa shape index (κ2) is 9.21. The number of rotatable bonds is 4. The first-order valence-electron chi connectivity index (χ1n) is 12.5. The lowest BCUT2D eigenvalue weighted by atomic mass is 9.63. The lowest BCUT2D eigenvalue weighted by Gasteiger charge is -2.50. The fourth-order valence-corrected chi connectivity index (χ4v) is 5.26. The van der Waals surface area contributed by atoms with E-state index in [-0.39, 0.29) is 12.8 Å². The number of nitriles is 1. The average molecular weight is 509 g/mol. The van der Waals surface area contributed by atoms with E-state index in [2.05, 4.69) is 16.4 Å². The van der Waals surface area contributed by atoms with Crippen LogP contribution in [-0.4, -0.2) is 27.3 Å². The molecule has 2 aromatic carbocycles. The van der Waals surface area contributed by atoms with Gasteiger partial charge in [0.15, 0.2) is 0 Å². The number of halogens is 1. The van der Waals surface area contributed by atoms with Gasteiger partial charge in [-0.1, -0.05) is 54.6 Å². The first kappa shape index (κ1) is 25.3. The zero-order chi connectivity index (χ0) is 27.1. The van der Waals surface area contributed by atoms with Gasteiger partial charge in [0.25, 0.3) is 0 Å². The smallest absolute Gasteiger partial charge is 0.408 e. The number of nitrogens with zero attached hydrogens (tertiary/aromatic N) is 3. The molecule has 0 spiro atoms. The molecule has 6 nitrogen and oxygen atoms in total. The van der Waals surface area contributed by atoms with Crippen molar-refractivity contribution < 1.29 is 13.9 Å². The molecule has 2 aromatic heterocycles. The molecule has 5 rings (SSSR count). The summed E-state index contributed by atoms with van der Waals surface area (Å²) in [4.78, 5) is 21.7. The number of alkyl carbamates (subject to hydrolysis) is 1. The third kappa shape index (κ3) is 4.95. The van der Waals surface area contributed by atoms with E-state index in [1.54, 1.807) is 40.0 Å². The quantitative estimate of drug-likeness (QED) is 0.318. The van der Waals surface area contributed by atoms with E-state index in [9.17, 15) is 14.4 Å². The second-order valence-corrected chi connectivity index (χ2v) is 11.1. The average Bonchev–Trinajstić information content (AvgIpc) is 2.85. The van der Waals surface area contributed by atoms with Crippen LogP contribution in [0.25, 0.3) is 33.3 Å². The molecule has 192 valence electrons. The van der Waals surface area contributed by atoms with Crippen LogP contribution in [0.4, 0.5) is 9.18 Å². The molecular formula is C31H29FN4O2. The summed E-state index contributed by atoms with van der Waals surface area (Å²) in [5, 5.41) is 13.2. The van der Waals surface area contributed by atoms with Crippen LogP contribution < -0.4 is 5.32 Å². The fourth-order valence-electron chi connectivity index (χ4n) is 5.26. The molecule has 1 saturated carbocycles. The molecule has 1 aliphatic carbocycles. The van der Waals surface area contributed by atoms with E-state index in [1.165, 1.54) is 0 Å². The van der Waals surface area contributed by atoms with Gasteiger partial charge in [0, 0.05) is 35.6 Å². The summed E-state index contributed by atoms with van der Waals surface area (Å²) in [7, 11) is 0. The van der Waals surface area contributed by atoms with E-state index in [0.29, 0.717) is 16.6 Å². The molecule has 0 bridgehead atoms. The van der Waals surface area contributed by atoms with Gasteiger partial charge < -0.3 is 10.1 Å². The van der Waals surface area contributed by atoms with Gasteiger partial charge in [0.2, 0.25) is 0 Å². The number of alkyl halides is 1. The minimum absolute atomic E-state index is 0.159. The number of hydrogen-bond acceptors (Lipinski definition) is 5. The van der Waals surface area contributed by atoms with Crippen LogP contribution in [0.3, 0.4) is 0 Å². The Morgan fingerprint density at radius 1 is 1.05 bits per heavy atom. The van der Waals surface area contributed by atoms with E-state index >= 15 is 0 Å². The maximum absolute atomic E-state index is 14.7. The first-order valence-corrected chi connectivity index (χ1v) is 12.5. The Morgan fingerprint density at radius 3 is 2.34 bits per heavy atom. The molecule has 1 amide bonds. The van der Waals surface area contributed by atoms with E-state index in [4.69, 9.17) is 9.72 Å². The highest BCUT2D eigenvalue weighted by Gasteiger charge is 2.55. The summed E-state index contributed by atoms with van der Waals surface area (Å²) < 4.78 is 20.2.